The topological polar surface area (TPSA) is 38.7 Å². The van der Waals surface area contributed by atoms with Crippen molar-refractivity contribution in [1.82, 2.24) is 15.0 Å². The second-order valence-corrected chi connectivity index (χ2v) is 23.0. The number of hydrogen-bond acceptors (Lipinski definition) is 4. The molecule has 0 aliphatic heterocycles. The van der Waals surface area contributed by atoms with Gasteiger partial charge in [0, 0.05) is 38.8 Å². The van der Waals surface area contributed by atoms with Gasteiger partial charge in [-0.2, -0.15) is 0 Å². The maximum atomic E-state index is 4.85. The summed E-state index contributed by atoms with van der Waals surface area (Å²) in [7, 11) is 0. The summed E-state index contributed by atoms with van der Waals surface area (Å²) in [6, 6.07) is 73.2. The predicted molar refractivity (Wildman–Crippen MR) is 312 cm³/mol. The Morgan fingerprint density at radius 1 is 0.413 bits per heavy atom. The van der Waals surface area contributed by atoms with Gasteiger partial charge in [-0.15, -0.1) is 106 Å². The molecule has 75 heavy (non-hydrogen) atoms. The van der Waals surface area contributed by atoms with Crippen LogP contribution in [0.3, 0.4) is 0 Å². The van der Waals surface area contributed by atoms with Crippen molar-refractivity contribution < 1.29 is 20.1 Å². The predicted octanol–water partition coefficient (Wildman–Crippen LogP) is 18.1. The van der Waals surface area contributed by atoms with Crippen molar-refractivity contribution in [2.75, 3.05) is 0 Å². The van der Waals surface area contributed by atoms with Gasteiger partial charge in [-0.3, -0.25) is 0 Å². The third-order valence-electron chi connectivity index (χ3n) is 14.4. The molecule has 11 aromatic rings. The van der Waals surface area contributed by atoms with Crippen LogP contribution in [0.2, 0.25) is 0 Å². The molecular formula is C70H60IrN3S. The number of pyridine rings is 3. The standard InChI is InChI=1S/C70H60N3S.Ir/c1-46-16-33-64(73-45-46)54-30-31-60(63(41-54)53-29-32-62-61-14-10-11-15-67(61)74-68(62)42-53)59-13-9-8-12-58(59)55-39-49(19-17-47-21-25-51(26-22-47)65-43-56(34-36-71-65)69(2,3)4)38-50(40-55)20-18-48-23-27-52(28-24-48)66-44-57(35-37-72-66)70(5,6)7;/h8-16,21-25,27,29,31-45H,17-20H2,1-7H3;/q-3;+3. The molecule has 0 saturated carbocycles. The molecule has 3 nitrogen and oxygen atoms in total. The summed E-state index contributed by atoms with van der Waals surface area (Å²) in [5.74, 6) is 0. The van der Waals surface area contributed by atoms with Crippen LogP contribution in [-0.4, -0.2) is 15.0 Å². The molecule has 4 heterocycles. The van der Waals surface area contributed by atoms with E-state index in [4.69, 9.17) is 15.0 Å². The van der Waals surface area contributed by atoms with Crippen molar-refractivity contribution in [1.29, 1.82) is 0 Å². The molecule has 0 aliphatic carbocycles. The third kappa shape index (κ3) is 11.4. The first-order valence-electron chi connectivity index (χ1n) is 25.9. The van der Waals surface area contributed by atoms with Crippen molar-refractivity contribution in [3.63, 3.8) is 0 Å². The third-order valence-corrected chi connectivity index (χ3v) is 15.5. The molecule has 0 saturated heterocycles. The quantitative estimate of drug-likeness (QED) is 0.114. The Morgan fingerprint density at radius 3 is 1.57 bits per heavy atom. The zero-order valence-electron chi connectivity index (χ0n) is 43.8. The number of hydrogen-bond donors (Lipinski definition) is 0. The van der Waals surface area contributed by atoms with E-state index in [9.17, 15) is 0 Å². The fourth-order valence-electron chi connectivity index (χ4n) is 10.0. The van der Waals surface area contributed by atoms with Crippen LogP contribution in [0, 0.1) is 25.1 Å². The van der Waals surface area contributed by atoms with Crippen LogP contribution in [-0.2, 0) is 56.6 Å². The molecular weight excluding hydrogens is 1110 g/mol. The van der Waals surface area contributed by atoms with Gasteiger partial charge in [0.2, 0.25) is 0 Å². The molecule has 370 valence electrons. The Labute approximate surface area is 461 Å². The van der Waals surface area contributed by atoms with Crippen LogP contribution >= 0.6 is 11.3 Å². The number of aromatic nitrogens is 3. The number of thiophene rings is 1. The van der Waals surface area contributed by atoms with Gasteiger partial charge in [-0.05, 0) is 116 Å². The van der Waals surface area contributed by atoms with Crippen LogP contribution < -0.4 is 0 Å². The summed E-state index contributed by atoms with van der Waals surface area (Å²) in [5, 5.41) is 2.59. The van der Waals surface area contributed by atoms with E-state index in [1.54, 1.807) is 0 Å². The minimum absolute atomic E-state index is 0. The summed E-state index contributed by atoms with van der Waals surface area (Å²) >= 11 is 1.86. The maximum Gasteiger partial charge on any atom is 3.00 e. The SMILES string of the molecule is Cc1ccc(-c2[c-]cc(-c3ccccc3-c3cc(CCc4c[c-]c(-c5cc(C(C)(C)C)ccn5)cc4)cc(CCc4c[c-]c(-c5cc(C(C)(C)C)ccn5)cc4)c3)c(-c3ccc4c(c3)sc3ccccc34)c2)nc1.[Ir+3]. The summed E-state index contributed by atoms with van der Waals surface area (Å²) in [5.41, 5.74) is 21.8. The van der Waals surface area contributed by atoms with Gasteiger partial charge in [0.25, 0.3) is 0 Å². The van der Waals surface area contributed by atoms with E-state index >= 15 is 0 Å². The normalized spacial score (nSPS) is 11.8. The molecule has 11 rings (SSSR count). The minimum atomic E-state index is 0. The van der Waals surface area contributed by atoms with Gasteiger partial charge in [0.1, 0.15) is 0 Å². The first kappa shape index (κ1) is 51.4. The van der Waals surface area contributed by atoms with Gasteiger partial charge in [-0.25, -0.2) is 0 Å². The Balaban J connectivity index is 0.00000641. The van der Waals surface area contributed by atoms with Crippen LogP contribution in [0.4, 0.5) is 0 Å². The second-order valence-electron chi connectivity index (χ2n) is 21.9. The minimum Gasteiger partial charge on any atom is -0.305 e. The number of rotatable bonds is 12. The van der Waals surface area contributed by atoms with Gasteiger partial charge in [0.05, 0.1) is 0 Å². The molecule has 0 radical (unpaired) electrons. The Kier molecular flexibility index (Phi) is 14.8. The molecule has 0 bridgehead atoms. The number of nitrogens with zero attached hydrogens (tertiary/aromatic N) is 3. The van der Waals surface area contributed by atoms with E-state index in [1.165, 1.54) is 75.8 Å². The number of aryl methyl sites for hydroxylation is 5. The van der Waals surface area contributed by atoms with Gasteiger partial charge < -0.3 is 15.0 Å². The van der Waals surface area contributed by atoms with Gasteiger partial charge in [0.15, 0.2) is 0 Å². The van der Waals surface area contributed by atoms with Gasteiger partial charge >= 0.3 is 20.1 Å². The van der Waals surface area contributed by atoms with Crippen molar-refractivity contribution in [2.24, 2.45) is 0 Å². The zero-order chi connectivity index (χ0) is 51.0. The van der Waals surface area contributed by atoms with E-state index in [0.717, 1.165) is 76.1 Å². The molecule has 7 aromatic carbocycles. The summed E-state index contributed by atoms with van der Waals surface area (Å²) in [6.45, 7) is 15.5. The Hall–Kier alpha value is -7.14. The largest absolute Gasteiger partial charge is 3.00 e. The molecule has 0 N–H and O–H groups in total. The Morgan fingerprint density at radius 2 is 0.987 bits per heavy atom. The molecule has 0 spiro atoms. The number of fused-ring (bicyclic) bond motifs is 3. The molecule has 0 atom stereocenters. The van der Waals surface area contributed by atoms with Crippen LogP contribution in [0.25, 0.3) is 87.3 Å². The van der Waals surface area contributed by atoms with E-state index in [-0.39, 0.29) is 30.9 Å². The van der Waals surface area contributed by atoms with Crippen LogP contribution in [0.15, 0.2) is 188 Å². The van der Waals surface area contributed by atoms with Crippen molar-refractivity contribution in [2.45, 2.75) is 85.0 Å². The van der Waals surface area contributed by atoms with E-state index in [0.29, 0.717) is 0 Å². The molecule has 0 unspecified atom stereocenters. The molecule has 0 amide bonds. The van der Waals surface area contributed by atoms with Crippen LogP contribution in [0.1, 0.15) is 80.5 Å². The van der Waals surface area contributed by atoms with Crippen LogP contribution in [0.5, 0.6) is 0 Å². The van der Waals surface area contributed by atoms with E-state index in [1.807, 2.05) is 29.9 Å². The van der Waals surface area contributed by atoms with Crippen molar-refractivity contribution in [3.05, 3.63) is 246 Å². The van der Waals surface area contributed by atoms with E-state index < -0.39 is 0 Å². The van der Waals surface area contributed by atoms with E-state index in [2.05, 4.69) is 237 Å². The summed E-state index contributed by atoms with van der Waals surface area (Å²) < 4.78 is 2.58. The number of benzene rings is 7. The first-order chi connectivity index (χ1) is 35.8. The van der Waals surface area contributed by atoms with Crippen molar-refractivity contribution >= 4 is 31.5 Å². The summed E-state index contributed by atoms with van der Waals surface area (Å²) in [6.07, 6.45) is 9.35. The molecule has 5 heteroatoms. The second kappa shape index (κ2) is 21.6. The average Bonchev–Trinajstić information content (AvgIpc) is 3.80. The molecule has 0 aliphatic rings. The summed E-state index contributed by atoms with van der Waals surface area (Å²) in [4.78, 5) is 14.3. The van der Waals surface area contributed by atoms with Gasteiger partial charge in [-0.1, -0.05) is 168 Å². The fraction of sp³-hybridized carbons (Fsp3) is 0.186. The molecule has 0 fully saturated rings. The first-order valence-corrected chi connectivity index (χ1v) is 26.7. The Bertz CT molecular complexity index is 3680. The average molecular weight is 1170 g/mol. The fourth-order valence-corrected chi connectivity index (χ4v) is 11.2. The van der Waals surface area contributed by atoms with Crippen molar-refractivity contribution in [3.8, 4) is 67.2 Å². The molecule has 4 aromatic heterocycles. The monoisotopic (exact) mass is 1170 g/mol. The smallest absolute Gasteiger partial charge is 0.305 e. The zero-order valence-corrected chi connectivity index (χ0v) is 47.0. The maximum absolute atomic E-state index is 4.85.